The monoisotopic (exact) mass is 295 g/mol. The Kier molecular flexibility index (Phi) is 4.65. The fourth-order valence-corrected chi connectivity index (χ4v) is 2.51. The highest BCUT2D eigenvalue weighted by Crippen LogP contribution is 2.10. The molecule has 0 aliphatic heterocycles. The van der Waals surface area contributed by atoms with E-state index in [1.807, 2.05) is 35.7 Å². The Morgan fingerprint density at radius 2 is 1.95 bits per heavy atom. The number of benzene rings is 1. The predicted molar refractivity (Wildman–Crippen MR) is 86.7 cm³/mol. The zero-order valence-electron chi connectivity index (χ0n) is 12.8. The van der Waals surface area contributed by atoms with E-state index >= 15 is 0 Å². The summed E-state index contributed by atoms with van der Waals surface area (Å²) in [6, 6.07) is 10.5. The molecule has 0 radical (unpaired) electrons. The smallest absolute Gasteiger partial charge is 0.0945 e. The van der Waals surface area contributed by atoms with Gasteiger partial charge in [0.2, 0.25) is 0 Å². The lowest BCUT2D eigenvalue weighted by Crippen LogP contribution is -2.20. The summed E-state index contributed by atoms with van der Waals surface area (Å²) in [4.78, 5) is 6.41. The molecule has 114 valence electrons. The Hall–Kier alpha value is -2.40. The molecule has 0 fully saturated rings. The van der Waals surface area contributed by atoms with E-state index in [9.17, 15) is 0 Å². The maximum Gasteiger partial charge on any atom is 0.0945 e. The third kappa shape index (κ3) is 3.83. The van der Waals surface area contributed by atoms with Gasteiger partial charge in [0, 0.05) is 37.9 Å². The van der Waals surface area contributed by atoms with Gasteiger partial charge in [-0.05, 0) is 43.8 Å². The summed E-state index contributed by atoms with van der Waals surface area (Å²) < 4.78 is 3.99. The first-order chi connectivity index (χ1) is 10.8. The van der Waals surface area contributed by atoms with Crippen LogP contribution in [0.1, 0.15) is 12.0 Å². The highest BCUT2D eigenvalue weighted by Gasteiger charge is 2.02. The number of imidazole rings is 1. The van der Waals surface area contributed by atoms with Gasteiger partial charge in [-0.2, -0.15) is 5.10 Å². The molecule has 0 aliphatic rings. The van der Waals surface area contributed by atoms with Gasteiger partial charge in [-0.1, -0.05) is 12.1 Å². The molecule has 0 amide bonds. The number of aromatic nitrogens is 4. The van der Waals surface area contributed by atoms with E-state index in [-0.39, 0.29) is 0 Å². The van der Waals surface area contributed by atoms with Gasteiger partial charge in [0.15, 0.2) is 0 Å². The third-order valence-electron chi connectivity index (χ3n) is 3.67. The summed E-state index contributed by atoms with van der Waals surface area (Å²) in [6.07, 6.45) is 10.6. The van der Waals surface area contributed by atoms with Crippen molar-refractivity contribution in [3.63, 3.8) is 0 Å². The Morgan fingerprint density at radius 1 is 1.09 bits per heavy atom. The van der Waals surface area contributed by atoms with Crippen LogP contribution in [0.25, 0.3) is 5.69 Å². The molecule has 1 aromatic carbocycles. The van der Waals surface area contributed by atoms with Crippen LogP contribution in [0.5, 0.6) is 0 Å². The second-order valence-corrected chi connectivity index (χ2v) is 5.51. The third-order valence-corrected chi connectivity index (χ3v) is 3.67. The predicted octanol–water partition coefficient (Wildman–Crippen LogP) is 2.59. The van der Waals surface area contributed by atoms with Crippen LogP contribution in [0.2, 0.25) is 0 Å². The van der Waals surface area contributed by atoms with Crippen molar-refractivity contribution >= 4 is 0 Å². The number of nitrogens with zero attached hydrogens (tertiary/aromatic N) is 5. The van der Waals surface area contributed by atoms with Crippen LogP contribution >= 0.6 is 0 Å². The molecular formula is C17H21N5. The summed E-state index contributed by atoms with van der Waals surface area (Å²) in [7, 11) is 2.16. The summed E-state index contributed by atoms with van der Waals surface area (Å²) in [5, 5.41) is 4.24. The maximum absolute atomic E-state index is 4.24. The van der Waals surface area contributed by atoms with Gasteiger partial charge < -0.3 is 9.47 Å². The zero-order chi connectivity index (χ0) is 15.2. The van der Waals surface area contributed by atoms with Gasteiger partial charge >= 0.3 is 0 Å². The summed E-state index contributed by atoms with van der Waals surface area (Å²) >= 11 is 0. The minimum Gasteiger partial charge on any atom is -0.337 e. The molecule has 0 saturated carbocycles. The highest BCUT2D eigenvalue weighted by molar-refractivity contribution is 5.33. The van der Waals surface area contributed by atoms with Gasteiger partial charge in [0.1, 0.15) is 0 Å². The molecule has 0 aliphatic carbocycles. The molecule has 3 rings (SSSR count). The molecule has 0 N–H and O–H groups in total. The molecule has 22 heavy (non-hydrogen) atoms. The minimum atomic E-state index is 0.962. The number of hydrogen-bond acceptors (Lipinski definition) is 3. The van der Waals surface area contributed by atoms with E-state index in [0.29, 0.717) is 0 Å². The molecular weight excluding hydrogens is 274 g/mol. The molecule has 0 atom stereocenters. The normalized spacial score (nSPS) is 11.2. The summed E-state index contributed by atoms with van der Waals surface area (Å²) in [5.74, 6) is 0. The van der Waals surface area contributed by atoms with Crippen LogP contribution in [0, 0.1) is 0 Å². The van der Waals surface area contributed by atoms with Gasteiger partial charge in [-0.15, -0.1) is 0 Å². The van der Waals surface area contributed by atoms with E-state index in [2.05, 4.69) is 50.9 Å². The Morgan fingerprint density at radius 3 is 2.64 bits per heavy atom. The fourth-order valence-electron chi connectivity index (χ4n) is 2.51. The Labute approximate surface area is 130 Å². The largest absolute Gasteiger partial charge is 0.337 e. The van der Waals surface area contributed by atoms with Crippen molar-refractivity contribution in [2.45, 2.75) is 19.5 Å². The molecule has 0 spiro atoms. The molecule has 0 saturated heterocycles. The van der Waals surface area contributed by atoms with Crippen molar-refractivity contribution in [1.82, 2.24) is 24.2 Å². The topological polar surface area (TPSA) is 38.9 Å². The number of rotatable bonds is 7. The van der Waals surface area contributed by atoms with Crippen molar-refractivity contribution < 1.29 is 0 Å². The first-order valence-electron chi connectivity index (χ1n) is 7.54. The molecule has 2 aromatic heterocycles. The zero-order valence-corrected chi connectivity index (χ0v) is 12.8. The molecule has 3 aromatic rings. The van der Waals surface area contributed by atoms with Crippen LogP contribution in [0.4, 0.5) is 0 Å². The standard InChI is InChI=1S/C17H21N5/c1-20(10-3-11-21-13-9-18-15-21)14-16-4-6-17(7-5-16)22-12-2-8-19-22/h2,4-9,12-13,15H,3,10-11,14H2,1H3. The SMILES string of the molecule is CN(CCCn1ccnc1)Cc1ccc(-n2cccn2)cc1. The van der Waals surface area contributed by atoms with Gasteiger partial charge in [0.25, 0.3) is 0 Å². The number of aryl methyl sites for hydroxylation is 1. The lowest BCUT2D eigenvalue weighted by Gasteiger charge is -2.17. The van der Waals surface area contributed by atoms with E-state index in [4.69, 9.17) is 0 Å². The van der Waals surface area contributed by atoms with Crippen LogP contribution < -0.4 is 0 Å². The average Bonchev–Trinajstić information content (AvgIpc) is 3.21. The first-order valence-corrected chi connectivity index (χ1v) is 7.54. The summed E-state index contributed by atoms with van der Waals surface area (Å²) in [5.41, 5.74) is 2.41. The highest BCUT2D eigenvalue weighted by atomic mass is 15.3. The quantitative estimate of drug-likeness (QED) is 0.672. The van der Waals surface area contributed by atoms with Crippen molar-refractivity contribution in [3.05, 3.63) is 67.0 Å². The second-order valence-electron chi connectivity index (χ2n) is 5.51. The lowest BCUT2D eigenvalue weighted by molar-refractivity contribution is 0.314. The van der Waals surface area contributed by atoms with Gasteiger partial charge in [0.05, 0.1) is 12.0 Å². The van der Waals surface area contributed by atoms with Crippen molar-refractivity contribution in [2.24, 2.45) is 0 Å². The van der Waals surface area contributed by atoms with E-state index in [0.717, 1.165) is 31.7 Å². The van der Waals surface area contributed by atoms with Crippen LogP contribution in [0.3, 0.4) is 0 Å². The van der Waals surface area contributed by atoms with E-state index in [1.54, 1.807) is 6.20 Å². The molecule has 0 unspecified atom stereocenters. The molecule has 5 heteroatoms. The molecule has 0 bridgehead atoms. The fraction of sp³-hybridized carbons (Fsp3) is 0.294. The van der Waals surface area contributed by atoms with E-state index in [1.165, 1.54) is 5.56 Å². The van der Waals surface area contributed by atoms with Crippen molar-refractivity contribution in [3.8, 4) is 5.69 Å². The number of hydrogen-bond donors (Lipinski definition) is 0. The molecule has 2 heterocycles. The van der Waals surface area contributed by atoms with Crippen molar-refractivity contribution in [2.75, 3.05) is 13.6 Å². The Balaban J connectivity index is 1.47. The second kappa shape index (κ2) is 7.04. The molecule has 5 nitrogen and oxygen atoms in total. The summed E-state index contributed by atoms with van der Waals surface area (Å²) in [6.45, 7) is 3.05. The van der Waals surface area contributed by atoms with Crippen LogP contribution in [0.15, 0.2) is 61.4 Å². The van der Waals surface area contributed by atoms with Gasteiger partial charge in [-0.25, -0.2) is 9.67 Å². The Bertz CT molecular complexity index is 656. The van der Waals surface area contributed by atoms with Crippen LogP contribution in [-0.4, -0.2) is 37.8 Å². The average molecular weight is 295 g/mol. The van der Waals surface area contributed by atoms with Crippen LogP contribution in [-0.2, 0) is 13.1 Å². The van der Waals surface area contributed by atoms with Crippen molar-refractivity contribution in [1.29, 1.82) is 0 Å². The maximum atomic E-state index is 4.24. The lowest BCUT2D eigenvalue weighted by atomic mass is 10.2. The minimum absolute atomic E-state index is 0.962. The van der Waals surface area contributed by atoms with Gasteiger partial charge in [-0.3, -0.25) is 0 Å². The van der Waals surface area contributed by atoms with E-state index < -0.39 is 0 Å². The first kappa shape index (κ1) is 14.5.